The zero-order chi connectivity index (χ0) is 25.5. The third-order valence-electron chi connectivity index (χ3n) is 4.81. The van der Waals surface area contributed by atoms with Gasteiger partial charge in [-0.15, -0.1) is 0 Å². The number of nitrogens with zero attached hydrogens (tertiary/aromatic N) is 5. The first-order valence-corrected chi connectivity index (χ1v) is 9.90. The number of rotatable bonds is 5. The van der Waals surface area contributed by atoms with Gasteiger partial charge in [0.15, 0.2) is 17.0 Å². The lowest BCUT2D eigenvalue weighted by atomic mass is 10.2. The van der Waals surface area contributed by atoms with Gasteiger partial charge in [-0.05, 0) is 43.3 Å². The number of nitrogens with one attached hydrogen (secondary N) is 2. The van der Waals surface area contributed by atoms with Crippen LogP contribution < -0.4 is 10.6 Å². The van der Waals surface area contributed by atoms with Crippen molar-refractivity contribution in [1.82, 2.24) is 24.4 Å². The van der Waals surface area contributed by atoms with Crippen LogP contribution in [0.25, 0.3) is 5.65 Å². The van der Waals surface area contributed by atoms with Gasteiger partial charge in [0, 0.05) is 36.4 Å². The Balaban J connectivity index is 1.53. The van der Waals surface area contributed by atoms with Crippen LogP contribution in [0.5, 0.6) is 0 Å². The first-order chi connectivity index (χ1) is 16.3. The zero-order valence-corrected chi connectivity index (χ0v) is 18.1. The molecule has 35 heavy (non-hydrogen) atoms. The average molecular weight is 493 g/mol. The van der Waals surface area contributed by atoms with E-state index in [0.29, 0.717) is 16.3 Å². The van der Waals surface area contributed by atoms with E-state index in [4.69, 9.17) is 0 Å². The molecule has 0 radical (unpaired) electrons. The Hall–Kier alpha value is -4.36. The molecule has 2 N–H and O–H groups in total. The molecular formula is C21H16F5N7O2. The van der Waals surface area contributed by atoms with E-state index in [0.717, 1.165) is 6.07 Å². The fourth-order valence-electron chi connectivity index (χ4n) is 3.14. The van der Waals surface area contributed by atoms with Crippen molar-refractivity contribution in [3.8, 4) is 0 Å². The molecule has 182 valence electrons. The standard InChI is InChI=1S/C21H16F5N7O2/c1-11-9-16(20(22,23)21(24,25)26)33-17(27-11)10-15(31-33)19(35)29-13-5-3-12(4-6-13)28-18(34)14-7-8-32(2)30-14/h3-10H,1-2H3,(H,28,34)(H,29,35). The zero-order valence-electron chi connectivity index (χ0n) is 18.1. The molecule has 1 aromatic carbocycles. The lowest BCUT2D eigenvalue weighted by Crippen LogP contribution is -2.36. The van der Waals surface area contributed by atoms with Crippen molar-refractivity contribution in [1.29, 1.82) is 0 Å². The van der Waals surface area contributed by atoms with Gasteiger partial charge in [0.25, 0.3) is 11.8 Å². The van der Waals surface area contributed by atoms with Crippen LogP contribution in [0.15, 0.2) is 48.7 Å². The summed E-state index contributed by atoms with van der Waals surface area (Å²) in [6, 6.07) is 8.98. The summed E-state index contributed by atoms with van der Waals surface area (Å²) in [5.74, 6) is -6.52. The summed E-state index contributed by atoms with van der Waals surface area (Å²) in [5.41, 5.74) is -1.46. The fourth-order valence-corrected chi connectivity index (χ4v) is 3.14. The Labute approximate surface area is 193 Å². The molecule has 0 fully saturated rings. The van der Waals surface area contributed by atoms with E-state index in [1.54, 1.807) is 13.2 Å². The normalized spacial score (nSPS) is 12.1. The van der Waals surface area contributed by atoms with Gasteiger partial charge in [-0.2, -0.15) is 32.1 Å². The van der Waals surface area contributed by atoms with Crippen molar-refractivity contribution in [3.63, 3.8) is 0 Å². The van der Waals surface area contributed by atoms with Gasteiger partial charge in [0.05, 0.1) is 0 Å². The quantitative estimate of drug-likeness (QED) is 0.410. The van der Waals surface area contributed by atoms with Crippen molar-refractivity contribution in [2.24, 2.45) is 7.05 Å². The van der Waals surface area contributed by atoms with Crippen LogP contribution in [0.4, 0.5) is 33.3 Å². The SMILES string of the molecule is Cc1cc(C(F)(F)C(F)(F)F)n2nc(C(=O)Nc3ccc(NC(=O)c4ccn(C)n4)cc3)cc2n1. The molecule has 4 aromatic rings. The maximum absolute atomic E-state index is 14.0. The third kappa shape index (κ3) is 4.67. The summed E-state index contributed by atoms with van der Waals surface area (Å²) in [5, 5.41) is 12.7. The molecule has 0 saturated carbocycles. The van der Waals surface area contributed by atoms with E-state index in [9.17, 15) is 31.5 Å². The van der Waals surface area contributed by atoms with E-state index in [2.05, 4.69) is 25.8 Å². The summed E-state index contributed by atoms with van der Waals surface area (Å²) < 4.78 is 68.6. The van der Waals surface area contributed by atoms with Crippen LogP contribution in [0.2, 0.25) is 0 Å². The number of carbonyl (C=O) groups is 2. The number of hydrogen-bond donors (Lipinski definition) is 2. The van der Waals surface area contributed by atoms with Gasteiger partial charge in [0.1, 0.15) is 5.69 Å². The van der Waals surface area contributed by atoms with Crippen molar-refractivity contribution >= 4 is 28.8 Å². The molecule has 0 aliphatic heterocycles. The summed E-state index contributed by atoms with van der Waals surface area (Å²) in [7, 11) is 1.66. The van der Waals surface area contributed by atoms with E-state index >= 15 is 0 Å². The highest BCUT2D eigenvalue weighted by atomic mass is 19.4. The van der Waals surface area contributed by atoms with Crippen molar-refractivity contribution in [3.05, 3.63) is 71.4 Å². The highest BCUT2D eigenvalue weighted by molar-refractivity contribution is 6.04. The predicted molar refractivity (Wildman–Crippen MR) is 113 cm³/mol. The molecule has 2 amide bonds. The van der Waals surface area contributed by atoms with Crippen molar-refractivity contribution < 1.29 is 31.5 Å². The summed E-state index contributed by atoms with van der Waals surface area (Å²) in [6.45, 7) is 1.25. The largest absolute Gasteiger partial charge is 0.459 e. The van der Waals surface area contributed by atoms with Crippen LogP contribution in [0, 0.1) is 6.92 Å². The van der Waals surface area contributed by atoms with Crippen LogP contribution in [0.3, 0.4) is 0 Å². The van der Waals surface area contributed by atoms with Crippen LogP contribution in [-0.2, 0) is 13.0 Å². The lowest BCUT2D eigenvalue weighted by Gasteiger charge is -2.20. The monoisotopic (exact) mass is 493 g/mol. The molecule has 14 heteroatoms. The van der Waals surface area contributed by atoms with Gasteiger partial charge >= 0.3 is 12.1 Å². The molecule has 4 rings (SSSR count). The molecule has 0 bridgehead atoms. The smallest absolute Gasteiger partial charge is 0.321 e. The Morgan fingerprint density at radius 2 is 1.43 bits per heavy atom. The van der Waals surface area contributed by atoms with Crippen LogP contribution in [-0.4, -0.2) is 42.4 Å². The van der Waals surface area contributed by atoms with Gasteiger partial charge < -0.3 is 10.6 Å². The summed E-state index contributed by atoms with van der Waals surface area (Å²) in [4.78, 5) is 28.6. The Kier molecular flexibility index (Phi) is 5.74. The van der Waals surface area contributed by atoms with E-state index < -0.39 is 35.3 Å². The highest BCUT2D eigenvalue weighted by Gasteiger charge is 2.60. The molecule has 3 aromatic heterocycles. The maximum Gasteiger partial charge on any atom is 0.459 e. The van der Waals surface area contributed by atoms with Gasteiger partial charge in [-0.3, -0.25) is 14.3 Å². The number of benzene rings is 1. The molecule has 0 saturated heterocycles. The number of fused-ring (bicyclic) bond motifs is 1. The number of alkyl halides is 5. The van der Waals surface area contributed by atoms with Gasteiger partial charge in [-0.1, -0.05) is 0 Å². The van der Waals surface area contributed by atoms with E-state index in [1.807, 2.05) is 0 Å². The summed E-state index contributed by atoms with van der Waals surface area (Å²) >= 11 is 0. The number of anilines is 2. The number of hydrogen-bond acceptors (Lipinski definition) is 5. The fraction of sp³-hybridized carbons (Fsp3) is 0.190. The maximum atomic E-state index is 14.0. The Morgan fingerprint density at radius 3 is 1.94 bits per heavy atom. The Bertz CT molecular complexity index is 1420. The van der Waals surface area contributed by atoms with Crippen molar-refractivity contribution in [2.45, 2.75) is 19.0 Å². The number of carbonyl (C=O) groups excluding carboxylic acids is 2. The number of halogens is 5. The second-order valence-corrected chi connectivity index (χ2v) is 7.51. The number of amides is 2. The molecule has 0 aliphatic carbocycles. The minimum atomic E-state index is -5.87. The van der Waals surface area contributed by atoms with Gasteiger partial charge in [-0.25, -0.2) is 9.50 Å². The first-order valence-electron chi connectivity index (χ1n) is 9.90. The summed E-state index contributed by atoms with van der Waals surface area (Å²) in [6.07, 6.45) is -4.26. The third-order valence-corrected chi connectivity index (χ3v) is 4.81. The molecule has 0 spiro atoms. The first kappa shape index (κ1) is 23.8. The average Bonchev–Trinajstić information content (AvgIpc) is 3.40. The molecule has 0 aliphatic rings. The predicted octanol–water partition coefficient (Wildman–Crippen LogP) is 3.93. The second kappa shape index (κ2) is 8.45. The second-order valence-electron chi connectivity index (χ2n) is 7.51. The lowest BCUT2D eigenvalue weighted by molar-refractivity contribution is -0.291. The van der Waals surface area contributed by atoms with Gasteiger partial charge in [0.2, 0.25) is 0 Å². The number of aryl methyl sites for hydroxylation is 2. The highest BCUT2D eigenvalue weighted by Crippen LogP contribution is 2.43. The van der Waals surface area contributed by atoms with Crippen LogP contribution in [0.1, 0.15) is 32.4 Å². The molecule has 0 unspecified atom stereocenters. The molecular weight excluding hydrogens is 477 g/mol. The molecule has 3 heterocycles. The Morgan fingerprint density at radius 1 is 0.857 bits per heavy atom. The van der Waals surface area contributed by atoms with E-state index in [-0.39, 0.29) is 22.7 Å². The number of aromatic nitrogens is 5. The topological polar surface area (TPSA) is 106 Å². The minimum Gasteiger partial charge on any atom is -0.321 e. The van der Waals surface area contributed by atoms with Crippen LogP contribution >= 0.6 is 0 Å². The minimum absolute atomic E-state index is 0.105. The van der Waals surface area contributed by atoms with E-state index in [1.165, 1.54) is 41.9 Å². The molecule has 0 atom stereocenters. The van der Waals surface area contributed by atoms with Crippen molar-refractivity contribution in [2.75, 3.05) is 10.6 Å². The molecule has 9 nitrogen and oxygen atoms in total.